The minimum atomic E-state index is -4.37. The van der Waals surface area contributed by atoms with Crippen LogP contribution in [0, 0.1) is 0 Å². The fourth-order valence-electron chi connectivity index (χ4n) is 2.84. The topological polar surface area (TPSA) is 37.8 Å². The third-order valence-corrected chi connectivity index (χ3v) is 4.67. The molecule has 0 aliphatic rings. The van der Waals surface area contributed by atoms with Crippen molar-refractivity contribution in [1.29, 1.82) is 0 Å². The summed E-state index contributed by atoms with van der Waals surface area (Å²) in [4.78, 5) is 9.12. The van der Waals surface area contributed by atoms with Crippen LogP contribution in [-0.4, -0.2) is 9.97 Å². The first-order chi connectivity index (χ1) is 13.4. The lowest BCUT2D eigenvalue weighted by atomic mass is 10.1. The molecule has 0 atom stereocenters. The summed E-state index contributed by atoms with van der Waals surface area (Å²) < 4.78 is 39.1. The molecule has 1 aromatic heterocycles. The lowest BCUT2D eigenvalue weighted by molar-refractivity contribution is -0.137. The highest BCUT2D eigenvalue weighted by Crippen LogP contribution is 2.32. The molecule has 0 aliphatic carbocycles. The normalized spacial score (nSPS) is 11.6. The van der Waals surface area contributed by atoms with Gasteiger partial charge in [-0.25, -0.2) is 9.97 Å². The highest BCUT2D eigenvalue weighted by Gasteiger charge is 2.29. The molecule has 0 unspecified atom stereocenters. The summed E-state index contributed by atoms with van der Waals surface area (Å²) in [5.41, 5.74) is 2.16. The molecule has 0 spiro atoms. The number of aromatic nitrogens is 2. The van der Waals surface area contributed by atoms with Gasteiger partial charge in [-0.15, -0.1) is 0 Å². The number of hydrogen-bond acceptors (Lipinski definition) is 3. The molecule has 4 rings (SSSR count). The zero-order chi connectivity index (χ0) is 19.7. The maximum Gasteiger partial charge on any atom is 0.416 e. The summed E-state index contributed by atoms with van der Waals surface area (Å²) in [5.74, 6) is 0.313. The van der Waals surface area contributed by atoms with E-state index in [0.29, 0.717) is 11.6 Å². The second-order valence-corrected chi connectivity index (χ2v) is 7.04. The molecular formula is C21H13BrF3N3. The van der Waals surface area contributed by atoms with Crippen LogP contribution >= 0.6 is 15.9 Å². The van der Waals surface area contributed by atoms with E-state index in [1.54, 1.807) is 0 Å². The zero-order valence-corrected chi connectivity index (χ0v) is 15.9. The van der Waals surface area contributed by atoms with Crippen molar-refractivity contribution in [2.24, 2.45) is 0 Å². The summed E-state index contributed by atoms with van der Waals surface area (Å²) in [5, 5.41) is 3.87. The van der Waals surface area contributed by atoms with Crippen molar-refractivity contribution in [1.82, 2.24) is 9.97 Å². The highest BCUT2D eigenvalue weighted by atomic mass is 79.9. The van der Waals surface area contributed by atoms with Gasteiger partial charge in [0, 0.05) is 21.1 Å². The number of hydrogen-bond donors (Lipinski definition) is 1. The Balaban J connectivity index is 1.77. The molecule has 0 saturated heterocycles. The van der Waals surface area contributed by atoms with Crippen LogP contribution in [0.4, 0.5) is 24.8 Å². The Hall–Kier alpha value is -2.93. The molecule has 0 amide bonds. The van der Waals surface area contributed by atoms with Crippen LogP contribution in [0.25, 0.3) is 22.2 Å². The molecule has 0 aliphatic heterocycles. The van der Waals surface area contributed by atoms with Gasteiger partial charge in [-0.05, 0) is 42.5 Å². The summed E-state index contributed by atoms with van der Waals surface area (Å²) in [6.07, 6.45) is -4.37. The van der Waals surface area contributed by atoms with Crippen molar-refractivity contribution in [3.05, 3.63) is 82.8 Å². The first-order valence-electron chi connectivity index (χ1n) is 8.37. The van der Waals surface area contributed by atoms with Gasteiger partial charge in [0.15, 0.2) is 0 Å². The minimum Gasteiger partial charge on any atom is -0.324 e. The van der Waals surface area contributed by atoms with E-state index in [-0.39, 0.29) is 0 Å². The molecule has 0 radical (unpaired) electrons. The van der Waals surface area contributed by atoms with Gasteiger partial charge in [0.25, 0.3) is 0 Å². The summed E-state index contributed by atoms with van der Waals surface area (Å²) in [7, 11) is 0. The predicted molar refractivity (Wildman–Crippen MR) is 107 cm³/mol. The number of halogens is 4. The molecular weight excluding hydrogens is 431 g/mol. The van der Waals surface area contributed by atoms with Gasteiger partial charge >= 0.3 is 6.18 Å². The Bertz CT molecular complexity index is 1130. The van der Waals surface area contributed by atoms with Gasteiger partial charge in [-0.2, -0.15) is 13.2 Å². The molecule has 4 aromatic rings. The third kappa shape index (κ3) is 3.84. The Kier molecular flexibility index (Phi) is 4.77. The largest absolute Gasteiger partial charge is 0.416 e. The lowest BCUT2D eigenvalue weighted by Gasteiger charge is -2.12. The van der Waals surface area contributed by atoms with Crippen molar-refractivity contribution in [3.8, 4) is 11.3 Å². The van der Waals surface area contributed by atoms with Gasteiger partial charge in [-0.3, -0.25) is 0 Å². The van der Waals surface area contributed by atoms with Gasteiger partial charge in [-0.1, -0.05) is 46.3 Å². The van der Waals surface area contributed by atoms with E-state index >= 15 is 0 Å². The van der Waals surface area contributed by atoms with Gasteiger partial charge in [0.2, 0.25) is 5.95 Å². The molecule has 0 fully saturated rings. The molecule has 1 heterocycles. The number of rotatable bonds is 3. The third-order valence-electron chi connectivity index (χ3n) is 4.17. The smallest absolute Gasteiger partial charge is 0.324 e. The minimum absolute atomic E-state index is 0.313. The second-order valence-electron chi connectivity index (χ2n) is 6.12. The zero-order valence-electron chi connectivity index (χ0n) is 14.3. The van der Waals surface area contributed by atoms with Crippen LogP contribution < -0.4 is 5.32 Å². The molecule has 3 aromatic carbocycles. The molecule has 1 N–H and O–H groups in total. The van der Waals surface area contributed by atoms with E-state index in [1.165, 1.54) is 12.1 Å². The van der Waals surface area contributed by atoms with Crippen LogP contribution in [-0.2, 0) is 6.18 Å². The SMILES string of the molecule is FC(F)(F)c1ccc(Nc2nc(-c3ccccc3)c3cc(Br)ccc3n2)cc1. The standard InChI is InChI=1S/C21H13BrF3N3/c22-15-8-11-18-17(12-15)19(13-4-2-1-3-5-13)28-20(27-18)26-16-9-6-14(7-10-16)21(23,24)25/h1-12H,(H,26,27,28). The van der Waals surface area contributed by atoms with Crippen molar-refractivity contribution in [3.63, 3.8) is 0 Å². The highest BCUT2D eigenvalue weighted by molar-refractivity contribution is 9.10. The van der Waals surface area contributed by atoms with Crippen LogP contribution in [0.1, 0.15) is 5.56 Å². The lowest BCUT2D eigenvalue weighted by Crippen LogP contribution is -2.05. The number of benzene rings is 3. The maximum atomic E-state index is 12.7. The fraction of sp³-hybridized carbons (Fsp3) is 0.0476. The van der Waals surface area contributed by atoms with Crippen molar-refractivity contribution in [2.75, 3.05) is 5.32 Å². The summed E-state index contributed by atoms with van der Waals surface area (Å²) in [6, 6.07) is 20.1. The first kappa shape index (κ1) is 18.4. The average molecular weight is 444 g/mol. The first-order valence-corrected chi connectivity index (χ1v) is 9.16. The molecule has 0 bridgehead atoms. The van der Waals surface area contributed by atoms with Crippen molar-refractivity contribution in [2.45, 2.75) is 6.18 Å². The Morgan fingerprint density at radius 3 is 2.21 bits per heavy atom. The molecule has 7 heteroatoms. The quantitative estimate of drug-likeness (QED) is 0.377. The molecule has 3 nitrogen and oxygen atoms in total. The van der Waals surface area contributed by atoms with Gasteiger partial charge < -0.3 is 5.32 Å². The van der Waals surface area contributed by atoms with Crippen LogP contribution in [0.3, 0.4) is 0 Å². The van der Waals surface area contributed by atoms with E-state index in [4.69, 9.17) is 0 Å². The molecule has 28 heavy (non-hydrogen) atoms. The van der Waals surface area contributed by atoms with E-state index in [2.05, 4.69) is 31.2 Å². The average Bonchev–Trinajstić information content (AvgIpc) is 2.68. The summed E-state index contributed by atoms with van der Waals surface area (Å²) >= 11 is 3.47. The number of alkyl halides is 3. The number of anilines is 2. The maximum absolute atomic E-state index is 12.7. The predicted octanol–water partition coefficient (Wildman–Crippen LogP) is 6.82. The number of nitrogens with one attached hydrogen (secondary N) is 1. The van der Waals surface area contributed by atoms with E-state index < -0.39 is 11.7 Å². The van der Waals surface area contributed by atoms with E-state index in [1.807, 2.05) is 48.5 Å². The molecule has 0 saturated carbocycles. The monoisotopic (exact) mass is 443 g/mol. The fourth-order valence-corrected chi connectivity index (χ4v) is 3.21. The molecule has 140 valence electrons. The number of nitrogens with zero attached hydrogens (tertiary/aromatic N) is 2. The van der Waals surface area contributed by atoms with Crippen LogP contribution in [0.15, 0.2) is 77.3 Å². The van der Waals surface area contributed by atoms with Gasteiger partial charge in [0.05, 0.1) is 16.8 Å². The Labute approximate surface area is 167 Å². The Morgan fingerprint density at radius 2 is 1.54 bits per heavy atom. The van der Waals surface area contributed by atoms with Crippen molar-refractivity contribution < 1.29 is 13.2 Å². The summed E-state index contributed by atoms with van der Waals surface area (Å²) in [6.45, 7) is 0. The van der Waals surface area contributed by atoms with Crippen LogP contribution in [0.5, 0.6) is 0 Å². The number of fused-ring (bicyclic) bond motifs is 1. The van der Waals surface area contributed by atoms with Crippen molar-refractivity contribution >= 4 is 38.5 Å². The van der Waals surface area contributed by atoms with Gasteiger partial charge in [0.1, 0.15) is 0 Å². The second kappa shape index (κ2) is 7.24. The Morgan fingerprint density at radius 1 is 0.821 bits per heavy atom. The van der Waals surface area contributed by atoms with E-state index in [0.717, 1.165) is 38.8 Å². The van der Waals surface area contributed by atoms with E-state index in [9.17, 15) is 13.2 Å². The van der Waals surface area contributed by atoms with Crippen LogP contribution in [0.2, 0.25) is 0 Å².